The van der Waals surface area contributed by atoms with Crippen LogP contribution in [0.1, 0.15) is 32.6 Å². The van der Waals surface area contributed by atoms with Crippen LogP contribution in [0, 0.1) is 11.2 Å². The zero-order chi connectivity index (χ0) is 14.1. The summed E-state index contributed by atoms with van der Waals surface area (Å²) < 4.78 is 40.0. The Bertz CT molecular complexity index is 566. The van der Waals surface area contributed by atoms with E-state index in [0.717, 1.165) is 31.7 Å². The molecule has 0 radical (unpaired) electrons. The number of anilines is 1. The van der Waals surface area contributed by atoms with Gasteiger partial charge in [-0.1, -0.05) is 19.8 Å². The third-order valence-electron chi connectivity index (χ3n) is 3.78. The lowest BCUT2D eigenvalue weighted by Crippen LogP contribution is -2.34. The number of rotatable bonds is 4. The monoisotopic (exact) mass is 286 g/mol. The van der Waals surface area contributed by atoms with Crippen molar-refractivity contribution in [2.24, 2.45) is 5.41 Å². The molecule has 106 valence electrons. The molecule has 0 bridgehead atoms. The highest BCUT2D eigenvalue weighted by molar-refractivity contribution is 7.89. The Morgan fingerprint density at radius 2 is 2.00 bits per heavy atom. The number of nitrogens with one attached hydrogen (secondary N) is 1. The summed E-state index contributed by atoms with van der Waals surface area (Å²) in [4.78, 5) is -0.0826. The van der Waals surface area contributed by atoms with Gasteiger partial charge in [-0.2, -0.15) is 0 Å². The predicted molar refractivity (Wildman–Crippen MR) is 72.6 cm³/mol. The molecule has 0 heterocycles. The van der Waals surface area contributed by atoms with Crippen LogP contribution in [0.4, 0.5) is 10.1 Å². The molecule has 3 N–H and O–H groups in total. The molecule has 6 heteroatoms. The van der Waals surface area contributed by atoms with E-state index in [1.165, 1.54) is 12.1 Å². The Kier molecular flexibility index (Phi) is 3.82. The van der Waals surface area contributed by atoms with Gasteiger partial charge < -0.3 is 5.73 Å². The number of nitrogen functional groups attached to an aromatic ring is 1. The fraction of sp³-hybridized carbons (Fsp3) is 0.538. The quantitative estimate of drug-likeness (QED) is 0.834. The number of nitrogens with two attached hydrogens (primary N) is 1. The molecule has 4 nitrogen and oxygen atoms in total. The van der Waals surface area contributed by atoms with Crippen LogP contribution in [0.15, 0.2) is 23.1 Å². The van der Waals surface area contributed by atoms with Gasteiger partial charge in [0.15, 0.2) is 0 Å². The van der Waals surface area contributed by atoms with Gasteiger partial charge in [0.1, 0.15) is 5.82 Å². The second kappa shape index (κ2) is 5.09. The molecular weight excluding hydrogens is 267 g/mol. The van der Waals surface area contributed by atoms with Gasteiger partial charge in [-0.25, -0.2) is 17.5 Å². The molecule has 0 atom stereocenters. The number of benzene rings is 1. The molecule has 1 aliphatic rings. The first-order valence-corrected chi connectivity index (χ1v) is 7.85. The lowest BCUT2D eigenvalue weighted by Gasteiger charge is -2.23. The highest BCUT2D eigenvalue weighted by atomic mass is 32.2. The molecule has 1 saturated carbocycles. The van der Waals surface area contributed by atoms with Gasteiger partial charge in [0, 0.05) is 6.54 Å². The third-order valence-corrected chi connectivity index (χ3v) is 5.18. The average Bonchev–Trinajstić information content (AvgIpc) is 2.78. The Balaban J connectivity index is 2.11. The summed E-state index contributed by atoms with van der Waals surface area (Å²) >= 11 is 0. The van der Waals surface area contributed by atoms with Crippen LogP contribution >= 0.6 is 0 Å². The van der Waals surface area contributed by atoms with Gasteiger partial charge in [-0.3, -0.25) is 0 Å². The molecule has 0 amide bonds. The highest BCUT2D eigenvalue weighted by Crippen LogP contribution is 2.37. The minimum Gasteiger partial charge on any atom is -0.396 e. The first-order valence-electron chi connectivity index (χ1n) is 6.37. The molecule has 2 rings (SSSR count). The van der Waals surface area contributed by atoms with Gasteiger partial charge in [0.05, 0.1) is 10.6 Å². The number of hydrogen-bond donors (Lipinski definition) is 2. The summed E-state index contributed by atoms with van der Waals surface area (Å²) in [6.07, 6.45) is 4.31. The van der Waals surface area contributed by atoms with Crippen LogP contribution in [0.2, 0.25) is 0 Å². The normalized spacial score (nSPS) is 18.6. The Morgan fingerprint density at radius 1 is 1.37 bits per heavy atom. The van der Waals surface area contributed by atoms with E-state index in [2.05, 4.69) is 11.6 Å². The maximum atomic E-state index is 13.3. The Morgan fingerprint density at radius 3 is 2.58 bits per heavy atom. The maximum absolute atomic E-state index is 13.3. The predicted octanol–water partition coefficient (Wildman–Crippen LogP) is 2.27. The van der Waals surface area contributed by atoms with E-state index in [1.807, 2.05) is 0 Å². The topological polar surface area (TPSA) is 72.2 Å². The molecule has 0 saturated heterocycles. The summed E-state index contributed by atoms with van der Waals surface area (Å²) in [6.45, 7) is 2.47. The fourth-order valence-electron chi connectivity index (χ4n) is 2.43. The molecule has 0 aliphatic heterocycles. The first-order chi connectivity index (χ1) is 8.82. The van der Waals surface area contributed by atoms with Gasteiger partial charge in [0.25, 0.3) is 0 Å². The molecule has 1 aromatic rings. The largest absolute Gasteiger partial charge is 0.396 e. The molecule has 0 aromatic heterocycles. The highest BCUT2D eigenvalue weighted by Gasteiger charge is 2.30. The Hall–Kier alpha value is -1.14. The molecular formula is C13H19FN2O2S. The molecule has 1 fully saturated rings. The summed E-state index contributed by atoms with van der Waals surface area (Å²) in [5, 5.41) is 0. The molecule has 1 aromatic carbocycles. The lowest BCUT2D eigenvalue weighted by atomic mass is 9.89. The van der Waals surface area contributed by atoms with Crippen LogP contribution in [-0.2, 0) is 10.0 Å². The van der Waals surface area contributed by atoms with Crippen LogP contribution in [0.5, 0.6) is 0 Å². The van der Waals surface area contributed by atoms with E-state index in [-0.39, 0.29) is 16.0 Å². The van der Waals surface area contributed by atoms with E-state index in [4.69, 9.17) is 5.73 Å². The zero-order valence-corrected chi connectivity index (χ0v) is 11.8. The second-order valence-corrected chi connectivity index (χ2v) is 7.29. The second-order valence-electron chi connectivity index (χ2n) is 5.53. The fourth-order valence-corrected chi connectivity index (χ4v) is 3.64. The van der Waals surface area contributed by atoms with Crippen molar-refractivity contribution in [2.75, 3.05) is 12.3 Å². The van der Waals surface area contributed by atoms with E-state index in [9.17, 15) is 12.8 Å². The van der Waals surface area contributed by atoms with Gasteiger partial charge in [-0.05, 0) is 36.5 Å². The van der Waals surface area contributed by atoms with Gasteiger partial charge in [0.2, 0.25) is 10.0 Å². The summed E-state index contributed by atoms with van der Waals surface area (Å²) in [7, 11) is -3.67. The van der Waals surface area contributed by atoms with E-state index in [0.29, 0.717) is 6.54 Å². The average molecular weight is 286 g/mol. The maximum Gasteiger partial charge on any atom is 0.240 e. The summed E-state index contributed by atoms with van der Waals surface area (Å²) in [6, 6.07) is 3.54. The van der Waals surface area contributed by atoms with Crippen LogP contribution in [0.3, 0.4) is 0 Å². The standard InChI is InChI=1S/C13H19FN2O2S/c1-13(6-2-3-7-13)9-16-19(17,18)10-4-5-12(15)11(14)8-10/h4-5,8,16H,2-3,6-7,9,15H2,1H3. The molecule has 19 heavy (non-hydrogen) atoms. The molecule has 1 aliphatic carbocycles. The molecule has 0 unspecified atom stereocenters. The summed E-state index contributed by atoms with van der Waals surface area (Å²) in [5.41, 5.74) is 5.30. The van der Waals surface area contributed by atoms with Crippen molar-refractivity contribution >= 4 is 15.7 Å². The molecule has 0 spiro atoms. The van der Waals surface area contributed by atoms with Crippen LogP contribution in [0.25, 0.3) is 0 Å². The Labute approximate surface area is 113 Å². The van der Waals surface area contributed by atoms with E-state index < -0.39 is 15.8 Å². The van der Waals surface area contributed by atoms with Crippen molar-refractivity contribution in [3.63, 3.8) is 0 Å². The number of halogens is 1. The smallest absolute Gasteiger partial charge is 0.240 e. The van der Waals surface area contributed by atoms with Crippen LogP contribution in [-0.4, -0.2) is 15.0 Å². The minimum atomic E-state index is -3.67. The van der Waals surface area contributed by atoms with Crippen molar-refractivity contribution < 1.29 is 12.8 Å². The number of hydrogen-bond acceptors (Lipinski definition) is 3. The third kappa shape index (κ3) is 3.25. The van der Waals surface area contributed by atoms with Crippen molar-refractivity contribution in [1.82, 2.24) is 4.72 Å². The van der Waals surface area contributed by atoms with Gasteiger partial charge >= 0.3 is 0 Å². The summed E-state index contributed by atoms with van der Waals surface area (Å²) in [5.74, 6) is -0.713. The van der Waals surface area contributed by atoms with Crippen molar-refractivity contribution in [3.05, 3.63) is 24.0 Å². The van der Waals surface area contributed by atoms with Crippen molar-refractivity contribution in [3.8, 4) is 0 Å². The van der Waals surface area contributed by atoms with Crippen molar-refractivity contribution in [1.29, 1.82) is 0 Å². The minimum absolute atomic E-state index is 0.0133. The SMILES string of the molecule is CC1(CNS(=O)(=O)c2ccc(N)c(F)c2)CCCC1. The van der Waals surface area contributed by atoms with Crippen LogP contribution < -0.4 is 10.5 Å². The zero-order valence-electron chi connectivity index (χ0n) is 10.9. The van der Waals surface area contributed by atoms with E-state index >= 15 is 0 Å². The first kappa shape index (κ1) is 14.3. The van der Waals surface area contributed by atoms with E-state index in [1.54, 1.807) is 0 Å². The van der Waals surface area contributed by atoms with Gasteiger partial charge in [-0.15, -0.1) is 0 Å². The van der Waals surface area contributed by atoms with Crippen molar-refractivity contribution in [2.45, 2.75) is 37.5 Å². The number of sulfonamides is 1. The lowest BCUT2D eigenvalue weighted by molar-refractivity contribution is 0.336.